The molecular formula is C23H31N5O. The van der Waals surface area contributed by atoms with E-state index >= 15 is 0 Å². The first kappa shape index (κ1) is 19.8. The molecule has 2 heterocycles. The standard InChI is InChI=1S/C23H31N5O/c1-3-17-13-21(28-22(27-17)20-9-4-5-11-24-20)26-15(2)10-12-25-23(29)19-14-18(19)16-7-6-8-16/h4-5,9,11,13,15-16,18-19H,3,6-8,10,12,14H2,1-2H3,(H,25,29)(H,26,27,28)/t15-,18-,19+/m0/s1. The molecule has 2 aromatic rings. The number of hydrogen-bond acceptors (Lipinski definition) is 5. The van der Waals surface area contributed by atoms with Crippen LogP contribution in [-0.4, -0.2) is 33.4 Å². The summed E-state index contributed by atoms with van der Waals surface area (Å²) < 4.78 is 0. The van der Waals surface area contributed by atoms with Crippen molar-refractivity contribution in [3.8, 4) is 11.5 Å². The summed E-state index contributed by atoms with van der Waals surface area (Å²) in [5.41, 5.74) is 1.76. The Morgan fingerprint density at radius 2 is 2.14 bits per heavy atom. The van der Waals surface area contributed by atoms with Gasteiger partial charge in [-0.25, -0.2) is 9.97 Å². The van der Waals surface area contributed by atoms with Gasteiger partial charge in [0.25, 0.3) is 0 Å². The lowest BCUT2D eigenvalue weighted by Crippen LogP contribution is -2.31. The number of carbonyl (C=O) groups is 1. The second-order valence-corrected chi connectivity index (χ2v) is 8.46. The SMILES string of the molecule is CCc1cc(N[C@@H](C)CCNC(=O)[C@@H]2C[C@H]2C2CCC2)nc(-c2ccccn2)n1. The van der Waals surface area contributed by atoms with Crippen LogP contribution in [0, 0.1) is 17.8 Å². The molecule has 0 aliphatic heterocycles. The van der Waals surface area contributed by atoms with Gasteiger partial charge in [-0.15, -0.1) is 0 Å². The van der Waals surface area contributed by atoms with Crippen molar-refractivity contribution in [1.82, 2.24) is 20.3 Å². The molecule has 6 heteroatoms. The summed E-state index contributed by atoms with van der Waals surface area (Å²) in [5, 5.41) is 6.59. The Hall–Kier alpha value is -2.50. The second-order valence-electron chi connectivity index (χ2n) is 8.46. The smallest absolute Gasteiger partial charge is 0.223 e. The molecular weight excluding hydrogens is 362 g/mol. The third-order valence-corrected chi connectivity index (χ3v) is 6.24. The molecule has 0 spiro atoms. The second kappa shape index (κ2) is 8.89. The number of anilines is 1. The van der Waals surface area contributed by atoms with Gasteiger partial charge in [0.15, 0.2) is 5.82 Å². The molecule has 154 valence electrons. The van der Waals surface area contributed by atoms with Gasteiger partial charge >= 0.3 is 0 Å². The van der Waals surface area contributed by atoms with Crippen molar-refractivity contribution in [1.29, 1.82) is 0 Å². The van der Waals surface area contributed by atoms with Crippen molar-refractivity contribution < 1.29 is 4.79 Å². The van der Waals surface area contributed by atoms with Crippen molar-refractivity contribution in [2.24, 2.45) is 17.8 Å². The zero-order valence-electron chi connectivity index (χ0n) is 17.4. The third-order valence-electron chi connectivity index (χ3n) is 6.24. The van der Waals surface area contributed by atoms with Gasteiger partial charge in [-0.2, -0.15) is 0 Å². The number of aromatic nitrogens is 3. The molecule has 1 amide bonds. The van der Waals surface area contributed by atoms with Gasteiger partial charge in [-0.05, 0) is 50.2 Å². The average molecular weight is 394 g/mol. The van der Waals surface area contributed by atoms with Crippen LogP contribution in [0.3, 0.4) is 0 Å². The Labute approximate surface area is 173 Å². The van der Waals surface area contributed by atoms with Crippen LogP contribution in [0.15, 0.2) is 30.5 Å². The van der Waals surface area contributed by atoms with Crippen molar-refractivity contribution in [3.05, 3.63) is 36.2 Å². The lowest BCUT2D eigenvalue weighted by molar-refractivity contribution is -0.122. The molecule has 0 bridgehead atoms. The summed E-state index contributed by atoms with van der Waals surface area (Å²) in [5.74, 6) is 3.47. The molecule has 2 aliphatic carbocycles. The van der Waals surface area contributed by atoms with E-state index in [4.69, 9.17) is 0 Å². The number of nitrogens with zero attached hydrogens (tertiary/aromatic N) is 3. The molecule has 3 atom stereocenters. The van der Waals surface area contributed by atoms with E-state index < -0.39 is 0 Å². The van der Waals surface area contributed by atoms with Crippen LogP contribution in [0.2, 0.25) is 0 Å². The first-order valence-corrected chi connectivity index (χ1v) is 11.0. The molecule has 0 unspecified atom stereocenters. The van der Waals surface area contributed by atoms with Crippen LogP contribution in [0.5, 0.6) is 0 Å². The summed E-state index contributed by atoms with van der Waals surface area (Å²) in [7, 11) is 0. The van der Waals surface area contributed by atoms with E-state index in [2.05, 4.69) is 39.4 Å². The number of pyridine rings is 1. The van der Waals surface area contributed by atoms with Gasteiger partial charge in [-0.1, -0.05) is 32.3 Å². The minimum atomic E-state index is 0.202. The topological polar surface area (TPSA) is 79.8 Å². The largest absolute Gasteiger partial charge is 0.367 e. The number of aryl methyl sites for hydroxylation is 1. The molecule has 2 N–H and O–H groups in total. The van der Waals surface area contributed by atoms with Crippen molar-refractivity contribution in [3.63, 3.8) is 0 Å². The minimum absolute atomic E-state index is 0.202. The zero-order valence-corrected chi connectivity index (χ0v) is 17.4. The molecule has 2 aromatic heterocycles. The maximum absolute atomic E-state index is 12.3. The van der Waals surface area contributed by atoms with E-state index in [1.54, 1.807) is 6.20 Å². The average Bonchev–Trinajstić information content (AvgIpc) is 3.47. The molecule has 0 radical (unpaired) electrons. The minimum Gasteiger partial charge on any atom is -0.367 e. The summed E-state index contributed by atoms with van der Waals surface area (Å²) in [6, 6.07) is 7.95. The van der Waals surface area contributed by atoms with Crippen LogP contribution >= 0.6 is 0 Å². The molecule has 0 aromatic carbocycles. The van der Waals surface area contributed by atoms with Gasteiger partial charge in [0.2, 0.25) is 5.91 Å². The predicted molar refractivity (Wildman–Crippen MR) is 114 cm³/mol. The molecule has 2 fully saturated rings. The van der Waals surface area contributed by atoms with Crippen molar-refractivity contribution >= 4 is 11.7 Å². The fourth-order valence-electron chi connectivity index (χ4n) is 4.13. The zero-order chi connectivity index (χ0) is 20.2. The maximum atomic E-state index is 12.3. The summed E-state index contributed by atoms with van der Waals surface area (Å²) in [6.07, 6.45) is 8.56. The first-order chi connectivity index (χ1) is 14.1. The fourth-order valence-corrected chi connectivity index (χ4v) is 4.13. The van der Waals surface area contributed by atoms with Gasteiger partial charge in [0.05, 0.1) is 0 Å². The molecule has 2 aliphatic rings. The summed E-state index contributed by atoms with van der Waals surface area (Å²) in [4.78, 5) is 25.9. The number of hydrogen-bond donors (Lipinski definition) is 2. The van der Waals surface area contributed by atoms with Crippen molar-refractivity contribution in [2.75, 3.05) is 11.9 Å². The monoisotopic (exact) mass is 393 g/mol. The van der Waals surface area contributed by atoms with Gasteiger partial charge in [-0.3, -0.25) is 9.78 Å². The Morgan fingerprint density at radius 3 is 2.83 bits per heavy atom. The maximum Gasteiger partial charge on any atom is 0.223 e. The fraction of sp³-hybridized carbons (Fsp3) is 0.565. The Kier molecular flexibility index (Phi) is 6.07. The van der Waals surface area contributed by atoms with E-state index in [0.29, 0.717) is 18.3 Å². The highest BCUT2D eigenvalue weighted by Gasteiger charge is 2.48. The van der Waals surface area contributed by atoms with Crippen LogP contribution in [-0.2, 0) is 11.2 Å². The summed E-state index contributed by atoms with van der Waals surface area (Å²) in [6.45, 7) is 4.90. The number of rotatable bonds is 9. The molecule has 4 rings (SSSR count). The first-order valence-electron chi connectivity index (χ1n) is 11.0. The van der Waals surface area contributed by atoms with Crippen LogP contribution in [0.25, 0.3) is 11.5 Å². The lowest BCUT2D eigenvalue weighted by Gasteiger charge is -2.25. The van der Waals surface area contributed by atoms with E-state index in [9.17, 15) is 4.79 Å². The van der Waals surface area contributed by atoms with E-state index in [0.717, 1.165) is 42.4 Å². The molecule has 0 saturated heterocycles. The highest BCUT2D eigenvalue weighted by Crippen LogP contribution is 2.51. The van der Waals surface area contributed by atoms with Crippen LogP contribution in [0.4, 0.5) is 5.82 Å². The van der Waals surface area contributed by atoms with Crippen LogP contribution in [0.1, 0.15) is 51.6 Å². The Morgan fingerprint density at radius 1 is 1.28 bits per heavy atom. The number of carbonyl (C=O) groups excluding carboxylic acids is 1. The highest BCUT2D eigenvalue weighted by molar-refractivity contribution is 5.81. The predicted octanol–water partition coefficient (Wildman–Crippen LogP) is 3.84. The number of nitrogens with one attached hydrogen (secondary N) is 2. The lowest BCUT2D eigenvalue weighted by atomic mass is 9.81. The van der Waals surface area contributed by atoms with E-state index in [1.807, 2.05) is 24.3 Å². The quantitative estimate of drug-likeness (QED) is 0.676. The van der Waals surface area contributed by atoms with Crippen LogP contribution < -0.4 is 10.6 Å². The molecule has 6 nitrogen and oxygen atoms in total. The Bertz CT molecular complexity index is 836. The van der Waals surface area contributed by atoms with Crippen molar-refractivity contribution in [2.45, 2.75) is 58.4 Å². The van der Waals surface area contributed by atoms with Gasteiger partial charge in [0, 0.05) is 36.5 Å². The highest BCUT2D eigenvalue weighted by atomic mass is 16.2. The normalized spacial score (nSPS) is 21.9. The van der Waals surface area contributed by atoms with Gasteiger partial charge < -0.3 is 10.6 Å². The summed E-state index contributed by atoms with van der Waals surface area (Å²) >= 11 is 0. The molecule has 29 heavy (non-hydrogen) atoms. The third kappa shape index (κ3) is 4.92. The van der Waals surface area contributed by atoms with E-state index in [1.165, 1.54) is 19.3 Å². The van der Waals surface area contributed by atoms with E-state index in [-0.39, 0.29) is 17.9 Å². The number of amides is 1. The Balaban J connectivity index is 1.28. The van der Waals surface area contributed by atoms with Gasteiger partial charge in [0.1, 0.15) is 11.5 Å². The molecule has 2 saturated carbocycles.